The van der Waals surface area contributed by atoms with Crippen molar-refractivity contribution in [3.63, 3.8) is 0 Å². The molecule has 0 spiro atoms. The normalized spacial score (nSPS) is 39.1. The van der Waals surface area contributed by atoms with Gasteiger partial charge in [0.15, 0.2) is 0 Å². The number of rotatable bonds is 4. The summed E-state index contributed by atoms with van der Waals surface area (Å²) >= 11 is 0. The fourth-order valence-corrected chi connectivity index (χ4v) is 2.58. The molecule has 0 aromatic carbocycles. The fraction of sp³-hybridized carbons (Fsp3) is 0.917. The second-order valence-corrected chi connectivity index (χ2v) is 5.16. The molecule has 3 atom stereocenters. The highest BCUT2D eigenvalue weighted by Crippen LogP contribution is 2.31. The Bertz CT molecular complexity index is 246. The van der Waals surface area contributed by atoms with Crippen LogP contribution < -0.4 is 10.6 Å². The van der Waals surface area contributed by atoms with E-state index in [1.807, 2.05) is 0 Å². The van der Waals surface area contributed by atoms with Crippen LogP contribution in [0.2, 0.25) is 0 Å². The molecule has 0 aromatic rings. The predicted molar refractivity (Wildman–Crippen MR) is 60.6 cm³/mol. The smallest absolute Gasteiger partial charge is 0.240 e. The van der Waals surface area contributed by atoms with E-state index in [0.717, 1.165) is 38.6 Å². The molecule has 1 aliphatic heterocycles. The molecule has 1 saturated heterocycles. The number of carbonyl (C=O) groups is 1. The molecular formula is C12H22N2O. The van der Waals surface area contributed by atoms with Crippen LogP contribution in [0.4, 0.5) is 0 Å². The molecular weight excluding hydrogens is 188 g/mol. The topological polar surface area (TPSA) is 41.1 Å². The van der Waals surface area contributed by atoms with E-state index in [2.05, 4.69) is 24.5 Å². The summed E-state index contributed by atoms with van der Waals surface area (Å²) in [6, 6.07) is 0.452. The van der Waals surface area contributed by atoms with Crippen molar-refractivity contribution in [2.24, 2.45) is 5.92 Å². The zero-order chi connectivity index (χ0) is 10.9. The van der Waals surface area contributed by atoms with Crippen LogP contribution in [-0.4, -0.2) is 24.0 Å². The Morgan fingerprint density at radius 2 is 2.33 bits per heavy atom. The molecule has 2 fully saturated rings. The first-order valence-electron chi connectivity index (χ1n) is 6.24. The number of amides is 1. The first-order valence-corrected chi connectivity index (χ1v) is 6.24. The highest BCUT2D eigenvalue weighted by atomic mass is 16.2. The molecule has 15 heavy (non-hydrogen) atoms. The number of carbonyl (C=O) groups excluding carboxylic acids is 1. The second-order valence-electron chi connectivity index (χ2n) is 5.16. The van der Waals surface area contributed by atoms with Crippen molar-refractivity contribution in [1.82, 2.24) is 10.6 Å². The van der Waals surface area contributed by atoms with Gasteiger partial charge < -0.3 is 10.6 Å². The summed E-state index contributed by atoms with van der Waals surface area (Å²) in [4.78, 5) is 12.2. The summed E-state index contributed by atoms with van der Waals surface area (Å²) in [5.41, 5.74) is -0.239. The van der Waals surface area contributed by atoms with Gasteiger partial charge in [-0.25, -0.2) is 0 Å². The Kier molecular flexibility index (Phi) is 3.01. The van der Waals surface area contributed by atoms with Gasteiger partial charge in [0.2, 0.25) is 5.91 Å². The van der Waals surface area contributed by atoms with E-state index in [-0.39, 0.29) is 11.4 Å². The molecule has 0 bridgehead atoms. The van der Waals surface area contributed by atoms with Crippen molar-refractivity contribution in [1.29, 1.82) is 0 Å². The van der Waals surface area contributed by atoms with Gasteiger partial charge in [0.25, 0.3) is 0 Å². The molecule has 1 amide bonds. The number of hydrogen-bond donors (Lipinski definition) is 2. The van der Waals surface area contributed by atoms with Gasteiger partial charge in [-0.15, -0.1) is 0 Å². The van der Waals surface area contributed by atoms with Gasteiger partial charge in [0.1, 0.15) is 0 Å². The summed E-state index contributed by atoms with van der Waals surface area (Å²) in [5, 5.41) is 6.58. The third-order valence-corrected chi connectivity index (χ3v) is 3.78. The molecule has 1 heterocycles. The molecule has 86 valence electrons. The highest BCUT2D eigenvalue weighted by Gasteiger charge is 2.43. The molecule has 2 N–H and O–H groups in total. The van der Waals surface area contributed by atoms with Crippen molar-refractivity contribution in [3.8, 4) is 0 Å². The average molecular weight is 210 g/mol. The van der Waals surface area contributed by atoms with Gasteiger partial charge in [-0.05, 0) is 38.1 Å². The van der Waals surface area contributed by atoms with Crippen LogP contribution in [0.3, 0.4) is 0 Å². The van der Waals surface area contributed by atoms with E-state index in [0.29, 0.717) is 12.0 Å². The lowest BCUT2D eigenvalue weighted by Gasteiger charge is -2.27. The monoisotopic (exact) mass is 210 g/mol. The van der Waals surface area contributed by atoms with Crippen LogP contribution >= 0.6 is 0 Å². The minimum atomic E-state index is -0.239. The van der Waals surface area contributed by atoms with Crippen molar-refractivity contribution >= 4 is 5.91 Å². The Hall–Kier alpha value is -0.570. The van der Waals surface area contributed by atoms with E-state index in [1.54, 1.807) is 0 Å². The Morgan fingerprint density at radius 1 is 1.60 bits per heavy atom. The largest absolute Gasteiger partial charge is 0.351 e. The lowest BCUT2D eigenvalue weighted by Crippen LogP contribution is -2.54. The van der Waals surface area contributed by atoms with Gasteiger partial charge >= 0.3 is 0 Å². The van der Waals surface area contributed by atoms with E-state index in [4.69, 9.17) is 0 Å². The van der Waals surface area contributed by atoms with E-state index < -0.39 is 0 Å². The molecule has 0 aromatic heterocycles. The van der Waals surface area contributed by atoms with Gasteiger partial charge in [-0.3, -0.25) is 4.79 Å². The predicted octanol–water partition coefficient (Wildman–Crippen LogP) is 1.43. The highest BCUT2D eigenvalue weighted by molar-refractivity contribution is 5.87. The number of nitrogens with one attached hydrogen (secondary N) is 2. The van der Waals surface area contributed by atoms with Crippen LogP contribution in [-0.2, 0) is 4.79 Å². The van der Waals surface area contributed by atoms with Crippen molar-refractivity contribution in [2.45, 2.75) is 57.5 Å². The Morgan fingerprint density at radius 3 is 2.80 bits per heavy atom. The fourth-order valence-electron chi connectivity index (χ4n) is 2.58. The molecule has 3 unspecified atom stereocenters. The van der Waals surface area contributed by atoms with Crippen LogP contribution in [0.5, 0.6) is 0 Å². The third-order valence-electron chi connectivity index (χ3n) is 3.78. The van der Waals surface area contributed by atoms with Gasteiger partial charge in [0, 0.05) is 6.04 Å². The molecule has 0 radical (unpaired) electrons. The Labute approximate surface area is 92.0 Å². The van der Waals surface area contributed by atoms with Crippen LogP contribution in [0, 0.1) is 5.92 Å². The van der Waals surface area contributed by atoms with Crippen molar-refractivity contribution in [3.05, 3.63) is 0 Å². The molecule has 2 rings (SSSR count). The lowest BCUT2D eigenvalue weighted by molar-refractivity contribution is -0.127. The van der Waals surface area contributed by atoms with Crippen molar-refractivity contribution < 1.29 is 4.79 Å². The standard InChI is InChI=1S/C12H22N2O/c1-3-5-12(6-4-7-13-12)11(15)14-10-8-9(10)2/h9-10,13H,3-8H2,1-2H3,(H,14,15). The molecule has 3 heteroatoms. The number of hydrogen-bond acceptors (Lipinski definition) is 2. The van der Waals surface area contributed by atoms with E-state index in [9.17, 15) is 4.79 Å². The maximum Gasteiger partial charge on any atom is 0.240 e. The zero-order valence-electron chi connectivity index (χ0n) is 9.81. The van der Waals surface area contributed by atoms with Gasteiger partial charge in [-0.1, -0.05) is 20.3 Å². The molecule has 1 saturated carbocycles. The third kappa shape index (κ3) is 2.17. The maximum atomic E-state index is 12.2. The van der Waals surface area contributed by atoms with Crippen LogP contribution in [0.1, 0.15) is 46.0 Å². The Balaban J connectivity index is 1.94. The van der Waals surface area contributed by atoms with E-state index >= 15 is 0 Å². The minimum Gasteiger partial charge on any atom is -0.351 e. The quantitative estimate of drug-likeness (QED) is 0.737. The molecule has 3 nitrogen and oxygen atoms in total. The summed E-state index contributed by atoms with van der Waals surface area (Å²) in [5.74, 6) is 0.935. The SMILES string of the molecule is CCCC1(C(=O)NC2CC2C)CCCN1. The zero-order valence-corrected chi connectivity index (χ0v) is 9.81. The summed E-state index contributed by atoms with van der Waals surface area (Å²) in [7, 11) is 0. The van der Waals surface area contributed by atoms with Crippen molar-refractivity contribution in [2.75, 3.05) is 6.54 Å². The van der Waals surface area contributed by atoms with Gasteiger partial charge in [0.05, 0.1) is 5.54 Å². The lowest BCUT2D eigenvalue weighted by atomic mass is 9.91. The first kappa shape index (κ1) is 10.9. The first-order chi connectivity index (χ1) is 7.18. The van der Waals surface area contributed by atoms with E-state index in [1.165, 1.54) is 0 Å². The van der Waals surface area contributed by atoms with Gasteiger partial charge in [-0.2, -0.15) is 0 Å². The average Bonchev–Trinajstić information content (AvgIpc) is 2.71. The molecule has 2 aliphatic rings. The summed E-state index contributed by atoms with van der Waals surface area (Å²) in [6.45, 7) is 5.34. The second kappa shape index (κ2) is 4.12. The molecule has 1 aliphatic carbocycles. The maximum absolute atomic E-state index is 12.2. The summed E-state index contributed by atoms with van der Waals surface area (Å²) in [6.07, 6.45) is 5.34. The van der Waals surface area contributed by atoms with Crippen LogP contribution in [0.25, 0.3) is 0 Å². The minimum absolute atomic E-state index is 0.239. The summed E-state index contributed by atoms with van der Waals surface area (Å²) < 4.78 is 0. The van der Waals surface area contributed by atoms with Crippen LogP contribution in [0.15, 0.2) is 0 Å².